The summed E-state index contributed by atoms with van der Waals surface area (Å²) < 4.78 is 7.72. The fourth-order valence-electron chi connectivity index (χ4n) is 5.07. The van der Waals surface area contributed by atoms with Crippen LogP contribution in [0.2, 0.25) is 0 Å². The number of aryl methyl sites for hydroxylation is 2. The first kappa shape index (κ1) is 24.9. The Morgan fingerprint density at radius 3 is 2.44 bits per heavy atom. The standard InChI is InChI=1S/C24H15N2O2.C8H7N2.Pt/c1-13-5-2-6-14-15-7-3-8-16(23(15)26-22(13)14)17-11-12-20-24(25-17)21-18(27)9-4-10-19(21)28-20;1-10-6-9-7-4-2-3-5-8(7)10;/h2-12H,1H3,(H-,25,26,27);2-5H,1H3;/q2*-1;+2. The molecule has 0 saturated carbocycles. The molecular formula is C32H22N4O2Pt. The first-order valence-corrected chi connectivity index (χ1v) is 12.3. The summed E-state index contributed by atoms with van der Waals surface area (Å²) in [6, 6.07) is 29.5. The third-order valence-corrected chi connectivity index (χ3v) is 6.95. The number of phenolic OH excluding ortho intramolecular Hbond substituents is 1. The molecule has 0 aliphatic heterocycles. The number of pyridine rings is 1. The molecule has 0 radical (unpaired) electrons. The zero-order chi connectivity index (χ0) is 25.8. The van der Waals surface area contributed by atoms with Crippen molar-refractivity contribution in [3.63, 3.8) is 0 Å². The second kappa shape index (κ2) is 9.72. The minimum absolute atomic E-state index is 0. The van der Waals surface area contributed by atoms with E-state index in [-0.39, 0.29) is 26.8 Å². The smallest absolute Gasteiger partial charge is 0.656 e. The van der Waals surface area contributed by atoms with Crippen LogP contribution < -0.4 is 4.98 Å². The number of hydrogen-bond donors (Lipinski definition) is 1. The summed E-state index contributed by atoms with van der Waals surface area (Å²) in [7, 11) is 1.94. The number of phenols is 1. The molecule has 39 heavy (non-hydrogen) atoms. The number of aromatic nitrogens is 4. The Bertz CT molecular complexity index is 2140. The average molecular weight is 690 g/mol. The molecule has 0 saturated heterocycles. The maximum atomic E-state index is 10.3. The third-order valence-electron chi connectivity index (χ3n) is 6.95. The quantitative estimate of drug-likeness (QED) is 0.183. The van der Waals surface area contributed by atoms with Crippen molar-refractivity contribution in [2.45, 2.75) is 6.92 Å². The van der Waals surface area contributed by atoms with Crippen LogP contribution in [0.5, 0.6) is 5.75 Å². The van der Waals surface area contributed by atoms with Crippen LogP contribution in [0.25, 0.3) is 66.2 Å². The summed E-state index contributed by atoms with van der Waals surface area (Å²) in [5.74, 6) is 0.173. The first-order valence-electron chi connectivity index (χ1n) is 12.3. The van der Waals surface area contributed by atoms with Crippen molar-refractivity contribution < 1.29 is 30.6 Å². The van der Waals surface area contributed by atoms with Gasteiger partial charge in [-0.3, -0.25) is 0 Å². The Kier molecular flexibility index (Phi) is 6.20. The molecule has 0 aliphatic rings. The van der Waals surface area contributed by atoms with Crippen LogP contribution in [0.15, 0.2) is 95.4 Å². The van der Waals surface area contributed by atoms with Crippen LogP contribution >= 0.6 is 0 Å². The molecule has 4 heterocycles. The van der Waals surface area contributed by atoms with Gasteiger partial charge in [0.15, 0.2) is 5.58 Å². The summed E-state index contributed by atoms with van der Waals surface area (Å²) >= 11 is 0. The molecule has 0 bridgehead atoms. The van der Waals surface area contributed by atoms with E-state index in [9.17, 15) is 5.11 Å². The zero-order valence-electron chi connectivity index (χ0n) is 21.1. The largest absolute Gasteiger partial charge is 2.00 e. The van der Waals surface area contributed by atoms with Crippen molar-refractivity contribution >= 4 is 54.9 Å². The van der Waals surface area contributed by atoms with Crippen LogP contribution in [0.4, 0.5) is 0 Å². The molecule has 192 valence electrons. The molecule has 0 unspecified atom stereocenters. The maximum absolute atomic E-state index is 10.3. The van der Waals surface area contributed by atoms with Gasteiger partial charge in [0.1, 0.15) is 16.8 Å². The van der Waals surface area contributed by atoms with E-state index >= 15 is 0 Å². The van der Waals surface area contributed by atoms with E-state index in [1.165, 1.54) is 0 Å². The molecule has 1 N–H and O–H groups in total. The molecule has 0 fully saturated rings. The van der Waals surface area contributed by atoms with Crippen molar-refractivity contribution in [2.24, 2.45) is 7.05 Å². The first-order chi connectivity index (χ1) is 18.6. The van der Waals surface area contributed by atoms with E-state index in [0.29, 0.717) is 22.1 Å². The minimum Gasteiger partial charge on any atom is -0.656 e. The summed E-state index contributed by atoms with van der Waals surface area (Å²) in [5.41, 5.74) is 8.99. The van der Waals surface area contributed by atoms with E-state index in [1.807, 2.05) is 66.2 Å². The summed E-state index contributed by atoms with van der Waals surface area (Å²) in [5, 5.41) is 13.2. The van der Waals surface area contributed by atoms with E-state index in [4.69, 9.17) is 14.4 Å². The number of furan rings is 1. The van der Waals surface area contributed by atoms with Gasteiger partial charge >= 0.3 is 21.1 Å². The second-order valence-corrected chi connectivity index (χ2v) is 9.34. The Balaban J connectivity index is 0.000000212. The van der Waals surface area contributed by atoms with Gasteiger partial charge in [0, 0.05) is 6.33 Å². The summed E-state index contributed by atoms with van der Waals surface area (Å²) in [6.45, 7) is 2.08. The number of imidazole rings is 1. The molecule has 8 aromatic rings. The van der Waals surface area contributed by atoms with Gasteiger partial charge in [0.25, 0.3) is 0 Å². The van der Waals surface area contributed by atoms with Gasteiger partial charge in [0.2, 0.25) is 0 Å². The van der Waals surface area contributed by atoms with Crippen LogP contribution in [0.3, 0.4) is 0 Å². The molecule has 0 atom stereocenters. The van der Waals surface area contributed by atoms with Gasteiger partial charge in [0.05, 0.1) is 11.1 Å². The fraction of sp³-hybridized carbons (Fsp3) is 0.0625. The molecule has 6 nitrogen and oxygen atoms in total. The zero-order valence-corrected chi connectivity index (χ0v) is 23.4. The SMILES string of the molecule is Cc1cccc2c1[n-]c1c(-c3ccc4oc5cccc(O)c5c4n3)cccc12.Cn1[c-]nc2ccccc21.[Pt+2]. The van der Waals surface area contributed by atoms with Crippen molar-refractivity contribution in [2.75, 3.05) is 0 Å². The van der Waals surface area contributed by atoms with Crippen LogP contribution in [-0.2, 0) is 28.1 Å². The normalized spacial score (nSPS) is 11.2. The number of hydrogen-bond acceptors (Lipinski definition) is 4. The molecule has 7 heteroatoms. The van der Waals surface area contributed by atoms with Crippen LogP contribution in [0.1, 0.15) is 5.56 Å². The van der Waals surface area contributed by atoms with Crippen molar-refractivity contribution in [1.82, 2.24) is 19.5 Å². The van der Waals surface area contributed by atoms with Crippen LogP contribution in [-0.4, -0.2) is 19.6 Å². The number of aromatic hydroxyl groups is 1. The number of nitrogens with zero attached hydrogens (tertiary/aromatic N) is 4. The molecule has 8 rings (SSSR count). The molecular weight excluding hydrogens is 667 g/mol. The van der Waals surface area contributed by atoms with Crippen LogP contribution in [0, 0.1) is 13.3 Å². The van der Waals surface area contributed by atoms with Gasteiger partial charge in [-0.1, -0.05) is 71.2 Å². The average Bonchev–Trinajstić information content (AvgIpc) is 3.63. The minimum atomic E-state index is 0. The number of benzene rings is 4. The Labute approximate surface area is 238 Å². The van der Waals surface area contributed by atoms with Gasteiger partial charge in [-0.2, -0.15) is 0 Å². The van der Waals surface area contributed by atoms with E-state index in [2.05, 4.69) is 42.5 Å². The fourth-order valence-corrected chi connectivity index (χ4v) is 5.07. The number of rotatable bonds is 1. The monoisotopic (exact) mass is 689 g/mol. The van der Waals surface area contributed by atoms with Crippen molar-refractivity contribution in [3.8, 4) is 17.0 Å². The summed E-state index contributed by atoms with van der Waals surface area (Å²) in [4.78, 5) is 13.8. The van der Waals surface area contributed by atoms with E-state index < -0.39 is 0 Å². The maximum Gasteiger partial charge on any atom is 2.00 e. The topological polar surface area (TPSA) is 78.2 Å². The predicted octanol–water partition coefficient (Wildman–Crippen LogP) is 7.30. The molecule has 0 spiro atoms. The van der Waals surface area contributed by atoms with Gasteiger partial charge in [-0.05, 0) is 54.6 Å². The van der Waals surface area contributed by atoms with Gasteiger partial charge in [-0.15, -0.1) is 23.2 Å². The number of fused-ring (bicyclic) bond motifs is 7. The predicted molar refractivity (Wildman–Crippen MR) is 151 cm³/mol. The van der Waals surface area contributed by atoms with E-state index in [1.54, 1.807) is 12.1 Å². The molecule has 4 aromatic carbocycles. The Morgan fingerprint density at radius 1 is 0.821 bits per heavy atom. The Hall–Kier alpha value is -4.41. The molecule has 0 aliphatic carbocycles. The van der Waals surface area contributed by atoms with Crippen molar-refractivity contribution in [1.29, 1.82) is 0 Å². The number of para-hydroxylation sites is 4. The Morgan fingerprint density at radius 2 is 1.59 bits per heavy atom. The van der Waals surface area contributed by atoms with Crippen molar-refractivity contribution in [3.05, 3.63) is 103 Å². The second-order valence-electron chi connectivity index (χ2n) is 9.34. The molecule has 0 amide bonds. The molecule has 4 aromatic heterocycles. The van der Waals surface area contributed by atoms with Gasteiger partial charge < -0.3 is 24.1 Å². The van der Waals surface area contributed by atoms with E-state index in [0.717, 1.165) is 49.7 Å². The summed E-state index contributed by atoms with van der Waals surface area (Å²) in [6.07, 6.45) is 2.84. The third kappa shape index (κ3) is 4.08. The van der Waals surface area contributed by atoms with Gasteiger partial charge in [-0.25, -0.2) is 4.98 Å².